The highest BCUT2D eigenvalue weighted by Gasteiger charge is 2.12. The van der Waals surface area contributed by atoms with Gasteiger partial charge in [0.15, 0.2) is 0 Å². The van der Waals surface area contributed by atoms with Crippen molar-refractivity contribution in [2.75, 3.05) is 26.5 Å². The molecule has 0 bridgehead atoms. The highest BCUT2D eigenvalue weighted by molar-refractivity contribution is 4.57. The number of hydrogen-bond acceptors (Lipinski definition) is 2. The van der Waals surface area contributed by atoms with Crippen molar-refractivity contribution < 1.29 is 13.9 Å². The zero-order chi connectivity index (χ0) is 5.82. The van der Waals surface area contributed by atoms with Gasteiger partial charge in [-0.2, -0.15) is 0 Å². The average molecular weight is 120 g/mol. The summed E-state index contributed by atoms with van der Waals surface area (Å²) in [6, 6.07) is 0. The van der Waals surface area contributed by atoms with Gasteiger partial charge in [-0.3, -0.25) is 0 Å². The smallest absolute Gasteiger partial charge is 0.118 e. The molecule has 0 aromatic rings. The number of rotatable bonds is 1. The first-order chi connectivity index (χ1) is 3.93. The molecule has 3 heteroatoms. The van der Waals surface area contributed by atoms with Crippen LogP contribution < -0.4 is 0 Å². The maximum absolute atomic E-state index is 11.7. The molecule has 8 heavy (non-hydrogen) atoms. The van der Waals surface area contributed by atoms with E-state index in [9.17, 15) is 4.39 Å². The van der Waals surface area contributed by atoms with Crippen LogP contribution in [0.1, 0.15) is 0 Å². The van der Waals surface area contributed by atoms with Gasteiger partial charge in [0.05, 0.1) is 19.8 Å². The van der Waals surface area contributed by atoms with Gasteiger partial charge in [0, 0.05) is 0 Å². The van der Waals surface area contributed by atoms with Gasteiger partial charge in [-0.05, 0) is 0 Å². The molecule has 2 nitrogen and oxygen atoms in total. The Morgan fingerprint density at radius 1 is 1.50 bits per heavy atom. The predicted octanol–water partition coefficient (Wildman–Crippen LogP) is 0.371. The monoisotopic (exact) mass is 120 g/mol. The molecule has 1 aliphatic rings. The van der Waals surface area contributed by atoms with Gasteiger partial charge >= 0.3 is 0 Å². The minimum Gasteiger partial charge on any atom is -0.376 e. The fourth-order valence-corrected chi connectivity index (χ4v) is 0.626. The normalized spacial score (nSPS) is 30.4. The summed E-state index contributed by atoms with van der Waals surface area (Å²) in [4.78, 5) is 0. The summed E-state index contributed by atoms with van der Waals surface area (Å²) < 4.78 is 21.5. The minimum atomic E-state index is -0.431. The molecule has 0 aliphatic carbocycles. The summed E-state index contributed by atoms with van der Waals surface area (Å²) in [5, 5.41) is 0. The van der Waals surface area contributed by atoms with Gasteiger partial charge in [-0.25, -0.2) is 4.39 Å². The van der Waals surface area contributed by atoms with E-state index < -0.39 is 6.67 Å². The van der Waals surface area contributed by atoms with Crippen LogP contribution in [0.4, 0.5) is 4.39 Å². The highest BCUT2D eigenvalue weighted by atomic mass is 19.1. The van der Waals surface area contributed by atoms with Crippen LogP contribution in [0, 0.1) is 0 Å². The molecule has 48 valence electrons. The molecular formula is C5H9FO2. The van der Waals surface area contributed by atoms with Crippen LogP contribution >= 0.6 is 0 Å². The van der Waals surface area contributed by atoms with E-state index in [0.29, 0.717) is 19.8 Å². The van der Waals surface area contributed by atoms with Crippen LogP contribution in [-0.2, 0) is 9.47 Å². The average Bonchev–Trinajstić information content (AvgIpc) is 1.90. The van der Waals surface area contributed by atoms with Gasteiger partial charge in [0.2, 0.25) is 0 Å². The third kappa shape index (κ3) is 1.42. The summed E-state index contributed by atoms with van der Waals surface area (Å²) in [6.45, 7) is 1.13. The third-order valence-electron chi connectivity index (χ3n) is 1.06. The van der Waals surface area contributed by atoms with Gasteiger partial charge in [0.1, 0.15) is 12.8 Å². The molecule has 0 spiro atoms. The molecule has 0 N–H and O–H groups in total. The molecule has 1 atom stereocenters. The van der Waals surface area contributed by atoms with Crippen molar-refractivity contribution in [1.82, 2.24) is 0 Å². The van der Waals surface area contributed by atoms with Gasteiger partial charge in [-0.1, -0.05) is 0 Å². The molecule has 0 amide bonds. The van der Waals surface area contributed by atoms with Crippen LogP contribution in [0.15, 0.2) is 0 Å². The molecule has 1 aliphatic heterocycles. The van der Waals surface area contributed by atoms with E-state index in [1.165, 1.54) is 0 Å². The van der Waals surface area contributed by atoms with Crippen molar-refractivity contribution in [2.45, 2.75) is 6.10 Å². The summed E-state index contributed by atoms with van der Waals surface area (Å²) in [6.07, 6.45) is -0.302. The Hall–Kier alpha value is -0.150. The second-order valence-electron chi connectivity index (χ2n) is 1.72. The Morgan fingerprint density at radius 2 is 2.38 bits per heavy atom. The van der Waals surface area contributed by atoms with Crippen LogP contribution in [0.2, 0.25) is 0 Å². The largest absolute Gasteiger partial charge is 0.376 e. The first-order valence-electron chi connectivity index (χ1n) is 2.69. The van der Waals surface area contributed by atoms with Crippen molar-refractivity contribution >= 4 is 0 Å². The first kappa shape index (κ1) is 5.98. The minimum absolute atomic E-state index is 0.302. The van der Waals surface area contributed by atoms with Crippen molar-refractivity contribution in [3.8, 4) is 0 Å². The molecular weight excluding hydrogens is 111 g/mol. The summed E-state index contributed by atoms with van der Waals surface area (Å²) in [5.41, 5.74) is 0. The Morgan fingerprint density at radius 3 is 2.75 bits per heavy atom. The number of ether oxygens (including phenoxy) is 2. The fourth-order valence-electron chi connectivity index (χ4n) is 0.626. The van der Waals surface area contributed by atoms with E-state index in [2.05, 4.69) is 0 Å². The quantitative estimate of drug-likeness (QED) is 0.497. The predicted molar refractivity (Wildman–Crippen MR) is 26.5 cm³/mol. The molecule has 1 heterocycles. The lowest BCUT2D eigenvalue weighted by Gasteiger charge is -2.19. The zero-order valence-corrected chi connectivity index (χ0v) is 4.60. The molecule has 0 radical (unpaired) electrons. The Kier molecular flexibility index (Phi) is 2.24. The molecule has 1 rings (SSSR count). The lowest BCUT2D eigenvalue weighted by Crippen LogP contribution is -2.29. The van der Waals surface area contributed by atoms with E-state index in [1.54, 1.807) is 0 Å². The van der Waals surface area contributed by atoms with Gasteiger partial charge in [-0.15, -0.1) is 0 Å². The van der Waals surface area contributed by atoms with Crippen molar-refractivity contribution in [1.29, 1.82) is 0 Å². The summed E-state index contributed by atoms with van der Waals surface area (Å²) >= 11 is 0. The summed E-state index contributed by atoms with van der Waals surface area (Å²) in [7, 11) is 0. The van der Waals surface area contributed by atoms with Crippen molar-refractivity contribution in [3.05, 3.63) is 0 Å². The first-order valence-corrected chi connectivity index (χ1v) is 2.69. The van der Waals surface area contributed by atoms with Gasteiger partial charge < -0.3 is 9.47 Å². The molecule has 0 aromatic heterocycles. The van der Waals surface area contributed by atoms with E-state index in [4.69, 9.17) is 9.47 Å². The number of hydrogen-bond donors (Lipinski definition) is 0. The van der Waals surface area contributed by atoms with Crippen LogP contribution in [0.25, 0.3) is 0 Å². The molecule has 1 saturated heterocycles. The number of halogens is 1. The maximum Gasteiger partial charge on any atom is 0.118 e. The Bertz CT molecular complexity index is 61.4. The van der Waals surface area contributed by atoms with Gasteiger partial charge in [0.25, 0.3) is 0 Å². The molecule has 0 saturated carbocycles. The molecule has 0 aromatic carbocycles. The second kappa shape index (κ2) is 2.99. The summed E-state index contributed by atoms with van der Waals surface area (Å²) in [5.74, 6) is 0. The zero-order valence-electron chi connectivity index (χ0n) is 4.60. The third-order valence-corrected chi connectivity index (χ3v) is 1.06. The van der Waals surface area contributed by atoms with Crippen molar-refractivity contribution in [2.24, 2.45) is 0 Å². The highest BCUT2D eigenvalue weighted by Crippen LogP contribution is 1.99. The van der Waals surface area contributed by atoms with Crippen molar-refractivity contribution in [3.63, 3.8) is 0 Å². The molecule has 1 unspecified atom stereocenters. The lowest BCUT2D eigenvalue weighted by atomic mass is 10.4. The Balaban J connectivity index is 2.13. The van der Waals surface area contributed by atoms with Crippen LogP contribution in [0.5, 0.6) is 0 Å². The standard InChI is InChI=1S/C5H9FO2/c6-3-5-4-7-1-2-8-5/h5H,1-4H2. The topological polar surface area (TPSA) is 18.5 Å². The van der Waals surface area contributed by atoms with E-state index in [0.717, 1.165) is 0 Å². The maximum atomic E-state index is 11.7. The SMILES string of the molecule is FCC1COCCO1. The van der Waals surface area contributed by atoms with E-state index in [1.807, 2.05) is 0 Å². The lowest BCUT2D eigenvalue weighted by molar-refractivity contribution is -0.0948. The Labute approximate surface area is 47.6 Å². The van der Waals surface area contributed by atoms with Crippen LogP contribution in [-0.4, -0.2) is 32.6 Å². The molecule has 1 fully saturated rings. The second-order valence-corrected chi connectivity index (χ2v) is 1.72. The van der Waals surface area contributed by atoms with E-state index in [-0.39, 0.29) is 6.10 Å². The fraction of sp³-hybridized carbons (Fsp3) is 1.00. The van der Waals surface area contributed by atoms with Crippen LogP contribution in [0.3, 0.4) is 0 Å². The number of alkyl halides is 1. The van der Waals surface area contributed by atoms with E-state index >= 15 is 0 Å².